The quantitative estimate of drug-likeness (QED) is 0.788. The van der Waals surface area contributed by atoms with Gasteiger partial charge in [0.05, 0.1) is 0 Å². The van der Waals surface area contributed by atoms with Gasteiger partial charge in [-0.3, -0.25) is 0 Å². The lowest BCUT2D eigenvalue weighted by atomic mass is 10.0. The molecule has 2 heteroatoms. The Kier molecular flexibility index (Phi) is 5.12. The van der Waals surface area contributed by atoms with E-state index in [1.165, 1.54) is 36.9 Å². The van der Waals surface area contributed by atoms with E-state index < -0.39 is 0 Å². The third kappa shape index (κ3) is 4.11. The minimum Gasteiger partial charge on any atom is -0.489 e. The van der Waals surface area contributed by atoms with Gasteiger partial charge >= 0.3 is 0 Å². The van der Waals surface area contributed by atoms with Crippen LogP contribution in [-0.4, -0.2) is 24.5 Å². The van der Waals surface area contributed by atoms with Crippen LogP contribution in [0.25, 0.3) is 0 Å². The van der Waals surface area contributed by atoms with Gasteiger partial charge in [0.2, 0.25) is 0 Å². The van der Waals surface area contributed by atoms with Crippen LogP contribution < -0.4 is 4.74 Å². The zero-order chi connectivity index (χ0) is 15.2. The molecule has 0 aliphatic carbocycles. The number of hydrogen-bond donors (Lipinski definition) is 0. The largest absolute Gasteiger partial charge is 0.489 e. The van der Waals surface area contributed by atoms with Crippen LogP contribution in [0.2, 0.25) is 0 Å². The predicted octanol–water partition coefficient (Wildman–Crippen LogP) is 4.29. The van der Waals surface area contributed by atoms with Gasteiger partial charge in [-0.25, -0.2) is 0 Å². The second-order valence-electron chi connectivity index (χ2n) is 6.24. The fourth-order valence-electron chi connectivity index (χ4n) is 3.21. The first-order valence-corrected chi connectivity index (χ1v) is 8.27. The summed E-state index contributed by atoms with van der Waals surface area (Å²) in [7, 11) is 2.25. The van der Waals surface area contributed by atoms with Crippen molar-refractivity contribution in [2.24, 2.45) is 0 Å². The molecule has 1 fully saturated rings. The maximum absolute atomic E-state index is 5.92. The minimum atomic E-state index is 0.635. The van der Waals surface area contributed by atoms with Crippen molar-refractivity contribution < 1.29 is 4.74 Å². The van der Waals surface area contributed by atoms with Gasteiger partial charge in [0.25, 0.3) is 0 Å². The summed E-state index contributed by atoms with van der Waals surface area (Å²) in [5.41, 5.74) is 2.59. The first-order valence-electron chi connectivity index (χ1n) is 8.27. The van der Waals surface area contributed by atoms with Crippen LogP contribution in [0, 0.1) is 0 Å². The molecule has 2 nitrogen and oxygen atoms in total. The molecule has 1 unspecified atom stereocenters. The maximum Gasteiger partial charge on any atom is 0.120 e. The first-order chi connectivity index (χ1) is 10.8. The van der Waals surface area contributed by atoms with Crippen molar-refractivity contribution >= 4 is 0 Å². The van der Waals surface area contributed by atoms with E-state index in [1.54, 1.807) is 0 Å². The number of likely N-dealkylation sites (tertiary alicyclic amines) is 1. The van der Waals surface area contributed by atoms with Gasteiger partial charge < -0.3 is 9.64 Å². The molecule has 1 saturated heterocycles. The molecule has 1 heterocycles. The highest BCUT2D eigenvalue weighted by atomic mass is 16.5. The molecule has 116 valence electrons. The maximum atomic E-state index is 5.92. The van der Waals surface area contributed by atoms with E-state index in [1.807, 2.05) is 24.3 Å². The Morgan fingerprint density at radius 3 is 2.64 bits per heavy atom. The van der Waals surface area contributed by atoms with Gasteiger partial charge in [0.15, 0.2) is 0 Å². The zero-order valence-electron chi connectivity index (χ0n) is 13.4. The Labute approximate surface area is 133 Å². The number of rotatable bonds is 6. The number of nitrogens with zero attached hydrogens (tertiary/aromatic N) is 1. The topological polar surface area (TPSA) is 12.5 Å². The molecule has 1 aliphatic rings. The minimum absolute atomic E-state index is 0.635. The molecule has 0 N–H and O–H groups in total. The van der Waals surface area contributed by atoms with Crippen molar-refractivity contribution in [1.82, 2.24) is 4.90 Å². The molecule has 1 aliphatic heterocycles. The van der Waals surface area contributed by atoms with Crippen LogP contribution in [0.4, 0.5) is 0 Å². The second-order valence-corrected chi connectivity index (χ2v) is 6.24. The summed E-state index contributed by atoms with van der Waals surface area (Å²) in [5.74, 6) is 0.973. The fraction of sp³-hybridized carbons (Fsp3) is 0.400. The molecule has 1 atom stereocenters. The van der Waals surface area contributed by atoms with Crippen molar-refractivity contribution in [2.75, 3.05) is 13.6 Å². The molecule has 0 radical (unpaired) electrons. The lowest BCUT2D eigenvalue weighted by Gasteiger charge is -2.19. The van der Waals surface area contributed by atoms with Crippen LogP contribution >= 0.6 is 0 Å². The van der Waals surface area contributed by atoms with Crippen molar-refractivity contribution in [3.63, 3.8) is 0 Å². The number of aryl methyl sites for hydroxylation is 1. The van der Waals surface area contributed by atoms with Crippen LogP contribution in [0.3, 0.4) is 0 Å². The molecule has 22 heavy (non-hydrogen) atoms. The van der Waals surface area contributed by atoms with E-state index in [0.717, 1.165) is 18.2 Å². The van der Waals surface area contributed by atoms with Crippen LogP contribution in [0.15, 0.2) is 54.6 Å². The van der Waals surface area contributed by atoms with Crippen LogP contribution in [-0.2, 0) is 13.0 Å². The number of ether oxygens (including phenoxy) is 1. The summed E-state index contributed by atoms with van der Waals surface area (Å²) in [6.45, 7) is 1.89. The third-order valence-corrected chi connectivity index (χ3v) is 4.58. The lowest BCUT2D eigenvalue weighted by molar-refractivity contribution is 0.295. The standard InChI is InChI=1S/C20H25NO/c1-21-14-6-10-19(21)13-12-17-9-5-11-20(15-17)22-16-18-7-3-2-4-8-18/h2-5,7-9,11,15,19H,6,10,12-14,16H2,1H3. The highest BCUT2D eigenvalue weighted by molar-refractivity contribution is 5.29. The Hall–Kier alpha value is -1.80. The molecule has 0 saturated carbocycles. The van der Waals surface area contributed by atoms with E-state index in [4.69, 9.17) is 4.74 Å². The smallest absolute Gasteiger partial charge is 0.120 e. The molecule has 2 aromatic rings. The molecule has 0 amide bonds. The SMILES string of the molecule is CN1CCCC1CCc1cccc(OCc2ccccc2)c1. The van der Waals surface area contributed by atoms with Gasteiger partial charge in [-0.15, -0.1) is 0 Å². The summed E-state index contributed by atoms with van der Waals surface area (Å²) < 4.78 is 5.92. The summed E-state index contributed by atoms with van der Waals surface area (Å²) in [6, 6.07) is 19.6. The molecule has 2 aromatic carbocycles. The van der Waals surface area contributed by atoms with Gasteiger partial charge in [-0.1, -0.05) is 42.5 Å². The summed E-state index contributed by atoms with van der Waals surface area (Å²) >= 11 is 0. The Morgan fingerprint density at radius 1 is 1.05 bits per heavy atom. The lowest BCUT2D eigenvalue weighted by Crippen LogP contribution is -2.25. The monoisotopic (exact) mass is 295 g/mol. The molecular weight excluding hydrogens is 270 g/mol. The summed E-state index contributed by atoms with van der Waals surface area (Å²) in [4.78, 5) is 2.50. The average molecular weight is 295 g/mol. The normalized spacial score (nSPS) is 18.5. The van der Waals surface area contributed by atoms with E-state index in [9.17, 15) is 0 Å². The summed E-state index contributed by atoms with van der Waals surface area (Å²) in [5, 5.41) is 0. The molecule has 0 aromatic heterocycles. The third-order valence-electron chi connectivity index (χ3n) is 4.58. The van der Waals surface area contributed by atoms with Crippen molar-refractivity contribution in [1.29, 1.82) is 0 Å². The fourth-order valence-corrected chi connectivity index (χ4v) is 3.21. The Balaban J connectivity index is 1.53. The average Bonchev–Trinajstić information content (AvgIpc) is 2.98. The van der Waals surface area contributed by atoms with Gasteiger partial charge in [0.1, 0.15) is 12.4 Å². The summed E-state index contributed by atoms with van der Waals surface area (Å²) in [6.07, 6.45) is 5.08. The van der Waals surface area contributed by atoms with E-state index >= 15 is 0 Å². The Morgan fingerprint density at radius 2 is 1.86 bits per heavy atom. The van der Waals surface area contributed by atoms with E-state index in [-0.39, 0.29) is 0 Å². The second kappa shape index (κ2) is 7.46. The van der Waals surface area contributed by atoms with Crippen molar-refractivity contribution in [3.05, 3.63) is 65.7 Å². The number of hydrogen-bond acceptors (Lipinski definition) is 2. The molecule has 0 spiro atoms. The van der Waals surface area contributed by atoms with Gasteiger partial charge in [0, 0.05) is 6.04 Å². The molecule has 0 bridgehead atoms. The highest BCUT2D eigenvalue weighted by Gasteiger charge is 2.20. The van der Waals surface area contributed by atoms with E-state index in [0.29, 0.717) is 6.61 Å². The van der Waals surface area contributed by atoms with Crippen molar-refractivity contribution in [2.45, 2.75) is 38.3 Å². The molecular formula is C20H25NO. The van der Waals surface area contributed by atoms with Crippen LogP contribution in [0.5, 0.6) is 5.75 Å². The van der Waals surface area contributed by atoms with E-state index in [2.05, 4.69) is 42.3 Å². The zero-order valence-corrected chi connectivity index (χ0v) is 13.4. The highest BCUT2D eigenvalue weighted by Crippen LogP contribution is 2.22. The number of benzene rings is 2. The van der Waals surface area contributed by atoms with Crippen molar-refractivity contribution in [3.8, 4) is 5.75 Å². The van der Waals surface area contributed by atoms with Gasteiger partial charge in [-0.05, 0) is 62.5 Å². The molecule has 3 rings (SSSR count). The predicted molar refractivity (Wildman–Crippen MR) is 91.2 cm³/mol. The Bertz CT molecular complexity index is 581. The van der Waals surface area contributed by atoms with Crippen LogP contribution in [0.1, 0.15) is 30.4 Å². The van der Waals surface area contributed by atoms with Gasteiger partial charge in [-0.2, -0.15) is 0 Å². The first kappa shape index (κ1) is 15.1.